The fourth-order valence-electron chi connectivity index (χ4n) is 3.64. The number of ether oxygens (including phenoxy) is 1. The van der Waals surface area contributed by atoms with Gasteiger partial charge in [0.2, 0.25) is 0 Å². The first-order valence-electron chi connectivity index (χ1n) is 6.98. The molecule has 1 N–H and O–H groups in total. The third-order valence-corrected chi connectivity index (χ3v) is 4.73. The smallest absolute Gasteiger partial charge is 0.0684 e. The van der Waals surface area contributed by atoms with Crippen molar-refractivity contribution in [1.82, 2.24) is 5.32 Å². The molecule has 3 atom stereocenters. The predicted octanol–water partition coefficient (Wildman–Crippen LogP) is 2.97. The van der Waals surface area contributed by atoms with Crippen molar-refractivity contribution < 1.29 is 4.74 Å². The summed E-state index contributed by atoms with van der Waals surface area (Å²) in [6, 6.07) is 1.36. The molecule has 1 saturated heterocycles. The van der Waals surface area contributed by atoms with Crippen molar-refractivity contribution in [3.63, 3.8) is 0 Å². The molecule has 0 aromatic rings. The third kappa shape index (κ3) is 1.91. The lowest BCUT2D eigenvalue weighted by Crippen LogP contribution is -2.70. The topological polar surface area (TPSA) is 21.3 Å². The van der Waals surface area contributed by atoms with Gasteiger partial charge in [-0.2, -0.15) is 0 Å². The summed E-state index contributed by atoms with van der Waals surface area (Å²) in [6.07, 6.45) is 5.58. The van der Waals surface area contributed by atoms with Crippen LogP contribution < -0.4 is 5.32 Å². The molecule has 2 heteroatoms. The highest BCUT2D eigenvalue weighted by Gasteiger charge is 2.57. The van der Waals surface area contributed by atoms with Crippen molar-refractivity contribution >= 4 is 0 Å². The van der Waals surface area contributed by atoms with E-state index in [2.05, 4.69) is 33.0 Å². The van der Waals surface area contributed by atoms with E-state index < -0.39 is 0 Å². The number of hydrogen-bond donors (Lipinski definition) is 1. The number of hydrogen-bond acceptors (Lipinski definition) is 2. The highest BCUT2D eigenvalue weighted by molar-refractivity contribution is 5.10. The van der Waals surface area contributed by atoms with Crippen LogP contribution in [0.4, 0.5) is 0 Å². The van der Waals surface area contributed by atoms with E-state index in [-0.39, 0.29) is 0 Å². The van der Waals surface area contributed by atoms with E-state index in [1.165, 1.54) is 25.7 Å². The maximum absolute atomic E-state index is 5.93. The van der Waals surface area contributed by atoms with Gasteiger partial charge in [0.05, 0.1) is 6.10 Å². The van der Waals surface area contributed by atoms with Gasteiger partial charge in [-0.05, 0) is 25.7 Å². The maximum Gasteiger partial charge on any atom is 0.0684 e. The Morgan fingerprint density at radius 1 is 1.31 bits per heavy atom. The molecule has 2 fully saturated rings. The lowest BCUT2D eigenvalue weighted by molar-refractivity contribution is -0.194. The molecule has 16 heavy (non-hydrogen) atoms. The Bertz CT molecular complexity index is 235. The molecule has 0 aromatic carbocycles. The monoisotopic (exact) mass is 225 g/mol. The second-order valence-electron chi connectivity index (χ2n) is 6.08. The van der Waals surface area contributed by atoms with Gasteiger partial charge in [0.25, 0.3) is 0 Å². The zero-order chi connectivity index (χ0) is 11.8. The Morgan fingerprint density at radius 2 is 2.00 bits per heavy atom. The van der Waals surface area contributed by atoms with Crippen LogP contribution in [-0.2, 0) is 4.74 Å². The zero-order valence-electron chi connectivity index (χ0n) is 11.3. The van der Waals surface area contributed by atoms with E-state index in [9.17, 15) is 0 Å². The molecule has 94 valence electrons. The van der Waals surface area contributed by atoms with Crippen molar-refractivity contribution in [3.05, 3.63) is 0 Å². The first-order chi connectivity index (χ1) is 7.61. The van der Waals surface area contributed by atoms with E-state index in [1.807, 2.05) is 0 Å². The Morgan fingerprint density at radius 3 is 2.62 bits per heavy atom. The van der Waals surface area contributed by atoms with Gasteiger partial charge in [-0.1, -0.05) is 27.7 Å². The van der Waals surface area contributed by atoms with E-state index in [1.54, 1.807) is 0 Å². The molecule has 3 unspecified atom stereocenters. The van der Waals surface area contributed by atoms with Crippen LogP contribution >= 0.6 is 0 Å². The quantitative estimate of drug-likeness (QED) is 0.794. The van der Waals surface area contributed by atoms with Crippen LogP contribution in [0, 0.1) is 11.3 Å². The molecular formula is C14H27NO. The average molecular weight is 225 g/mol. The second-order valence-corrected chi connectivity index (χ2v) is 6.08. The number of nitrogens with one attached hydrogen (secondary N) is 1. The molecule has 0 aromatic heterocycles. The molecule has 0 radical (unpaired) electrons. The molecular weight excluding hydrogens is 198 g/mol. The largest absolute Gasteiger partial charge is 0.377 e. The minimum absolute atomic E-state index is 0.327. The van der Waals surface area contributed by atoms with Gasteiger partial charge in [-0.15, -0.1) is 0 Å². The van der Waals surface area contributed by atoms with Crippen LogP contribution in [-0.4, -0.2) is 24.8 Å². The number of fused-ring (bicyclic) bond motifs is 1. The Kier molecular flexibility index (Phi) is 3.60. The lowest BCUT2D eigenvalue weighted by Gasteiger charge is -2.60. The van der Waals surface area contributed by atoms with E-state index in [0.717, 1.165) is 12.5 Å². The van der Waals surface area contributed by atoms with Crippen LogP contribution in [0.3, 0.4) is 0 Å². The number of rotatable bonds is 4. The van der Waals surface area contributed by atoms with Crippen molar-refractivity contribution in [2.45, 2.75) is 71.6 Å². The third-order valence-electron chi connectivity index (χ3n) is 4.73. The van der Waals surface area contributed by atoms with Crippen LogP contribution in [0.25, 0.3) is 0 Å². The lowest BCUT2D eigenvalue weighted by atomic mass is 9.55. The Balaban J connectivity index is 1.98. The summed E-state index contributed by atoms with van der Waals surface area (Å²) in [5.41, 5.74) is 0.327. The molecule has 2 nitrogen and oxygen atoms in total. The summed E-state index contributed by atoms with van der Waals surface area (Å²) in [7, 11) is 0. The molecule has 1 heterocycles. The molecule has 0 bridgehead atoms. The van der Waals surface area contributed by atoms with Gasteiger partial charge in [0.1, 0.15) is 0 Å². The van der Waals surface area contributed by atoms with Crippen molar-refractivity contribution in [2.75, 3.05) is 6.61 Å². The molecule has 1 aliphatic heterocycles. The highest BCUT2D eigenvalue weighted by Crippen LogP contribution is 2.51. The summed E-state index contributed by atoms with van der Waals surface area (Å²) >= 11 is 0. The fraction of sp³-hybridized carbons (Fsp3) is 1.00. The van der Waals surface area contributed by atoms with Gasteiger partial charge < -0.3 is 10.1 Å². The van der Waals surface area contributed by atoms with Gasteiger partial charge in [-0.3, -0.25) is 0 Å². The molecule has 1 saturated carbocycles. The summed E-state index contributed by atoms with van der Waals surface area (Å²) in [4.78, 5) is 0. The Labute approximate surface area is 100 Å². The van der Waals surface area contributed by atoms with Crippen LogP contribution in [0.1, 0.15) is 53.4 Å². The SMILES string of the molecule is CCC(CC)NC1C2CCCOC2C1(C)C. The van der Waals surface area contributed by atoms with Crippen molar-refractivity contribution in [1.29, 1.82) is 0 Å². The molecule has 0 amide bonds. The first kappa shape index (κ1) is 12.4. The van der Waals surface area contributed by atoms with E-state index in [0.29, 0.717) is 23.6 Å². The maximum atomic E-state index is 5.93. The molecule has 2 aliphatic rings. The minimum Gasteiger partial charge on any atom is -0.377 e. The second kappa shape index (κ2) is 4.66. The summed E-state index contributed by atoms with van der Waals surface area (Å²) in [5.74, 6) is 0.768. The zero-order valence-corrected chi connectivity index (χ0v) is 11.3. The molecule has 1 aliphatic carbocycles. The van der Waals surface area contributed by atoms with Gasteiger partial charge in [0, 0.05) is 30.0 Å². The van der Waals surface area contributed by atoms with Crippen LogP contribution in [0.2, 0.25) is 0 Å². The van der Waals surface area contributed by atoms with Crippen LogP contribution in [0.15, 0.2) is 0 Å². The fourth-order valence-corrected chi connectivity index (χ4v) is 3.64. The van der Waals surface area contributed by atoms with Gasteiger partial charge in [0.15, 0.2) is 0 Å². The average Bonchev–Trinajstić information content (AvgIpc) is 2.30. The normalized spacial score (nSPS) is 36.9. The molecule has 0 spiro atoms. The predicted molar refractivity (Wildman–Crippen MR) is 67.5 cm³/mol. The Hall–Kier alpha value is -0.0800. The first-order valence-corrected chi connectivity index (χ1v) is 6.98. The standard InChI is InChI=1S/C14H27NO/c1-5-10(6-2)15-12-11-8-7-9-16-13(11)14(12,3)4/h10-13,15H,5-9H2,1-4H3. The van der Waals surface area contributed by atoms with Gasteiger partial charge >= 0.3 is 0 Å². The molecule has 2 rings (SSSR count). The summed E-state index contributed by atoms with van der Waals surface area (Å²) < 4.78 is 5.93. The van der Waals surface area contributed by atoms with E-state index >= 15 is 0 Å². The van der Waals surface area contributed by atoms with Crippen molar-refractivity contribution in [3.8, 4) is 0 Å². The van der Waals surface area contributed by atoms with E-state index in [4.69, 9.17) is 4.74 Å². The summed E-state index contributed by atoms with van der Waals surface area (Å²) in [5, 5.41) is 3.86. The highest BCUT2D eigenvalue weighted by atomic mass is 16.5. The minimum atomic E-state index is 0.327. The van der Waals surface area contributed by atoms with Gasteiger partial charge in [-0.25, -0.2) is 0 Å². The van der Waals surface area contributed by atoms with Crippen molar-refractivity contribution in [2.24, 2.45) is 11.3 Å². The van der Waals surface area contributed by atoms with Crippen LogP contribution in [0.5, 0.6) is 0 Å². The summed E-state index contributed by atoms with van der Waals surface area (Å²) in [6.45, 7) is 10.3.